The lowest BCUT2D eigenvalue weighted by atomic mass is 9.82. The van der Waals surface area contributed by atoms with E-state index in [0.29, 0.717) is 21.2 Å². The van der Waals surface area contributed by atoms with Gasteiger partial charge in [0.25, 0.3) is 5.91 Å². The van der Waals surface area contributed by atoms with Gasteiger partial charge in [0.05, 0.1) is 22.2 Å². The van der Waals surface area contributed by atoms with E-state index in [1.807, 2.05) is 36.4 Å². The second-order valence-corrected chi connectivity index (χ2v) is 13.5. The van der Waals surface area contributed by atoms with Gasteiger partial charge in [0.1, 0.15) is 11.0 Å². The Kier molecular flexibility index (Phi) is 7.85. The van der Waals surface area contributed by atoms with Gasteiger partial charge in [0.2, 0.25) is 11.8 Å². The van der Waals surface area contributed by atoms with E-state index < -0.39 is 58.0 Å². The fourth-order valence-corrected chi connectivity index (χ4v) is 8.67. The Bertz CT molecular complexity index is 2140. The summed E-state index contributed by atoms with van der Waals surface area (Å²) in [6, 6.07) is 21.7. The van der Waals surface area contributed by atoms with Gasteiger partial charge in [0, 0.05) is 32.5 Å². The Labute approximate surface area is 277 Å². The smallest absolute Gasteiger partial charge is 0.416 e. The molecule has 1 fully saturated rings. The third-order valence-electron chi connectivity index (χ3n) is 7.98. The summed E-state index contributed by atoms with van der Waals surface area (Å²) < 4.78 is 46.6. The molecule has 0 aliphatic carbocycles. The van der Waals surface area contributed by atoms with Crippen molar-refractivity contribution in [1.82, 2.24) is 4.98 Å². The minimum absolute atomic E-state index is 0.183. The maximum atomic E-state index is 14.1. The molecule has 14 heteroatoms. The maximum Gasteiger partial charge on any atom is 0.416 e. The van der Waals surface area contributed by atoms with Gasteiger partial charge >= 0.3 is 11.0 Å². The number of nitrogens with zero attached hydrogens (tertiary/aromatic N) is 1. The van der Waals surface area contributed by atoms with Crippen LogP contribution in [0.5, 0.6) is 5.75 Å². The number of thiazole rings is 1. The van der Waals surface area contributed by atoms with Crippen LogP contribution in [0.4, 0.5) is 24.5 Å². The molecule has 0 spiro atoms. The number of thioether (sulfide) groups is 1. The Morgan fingerprint density at radius 2 is 1.72 bits per heavy atom. The quantitative estimate of drug-likeness (QED) is 0.184. The maximum absolute atomic E-state index is 14.1. The van der Waals surface area contributed by atoms with Crippen molar-refractivity contribution >= 4 is 74.6 Å². The molecule has 47 heavy (non-hydrogen) atoms. The predicted octanol–water partition coefficient (Wildman–Crippen LogP) is 7.08. The molecule has 0 saturated carbocycles. The van der Waals surface area contributed by atoms with Gasteiger partial charge in [-0.05, 0) is 47.9 Å². The van der Waals surface area contributed by atoms with Crippen LogP contribution in [-0.4, -0.2) is 34.6 Å². The number of carbonyl (C=O) groups is 3. The van der Waals surface area contributed by atoms with Crippen molar-refractivity contribution in [3.05, 3.63) is 116 Å². The van der Waals surface area contributed by atoms with Gasteiger partial charge in [-0.15, -0.1) is 0 Å². The van der Waals surface area contributed by atoms with Gasteiger partial charge in [-0.25, -0.2) is 4.90 Å². The summed E-state index contributed by atoms with van der Waals surface area (Å²) in [6.45, 7) is -0.424. The summed E-state index contributed by atoms with van der Waals surface area (Å²) in [7, 11) is 0. The first-order chi connectivity index (χ1) is 22.5. The Balaban J connectivity index is 1.23. The molecule has 3 amide bonds. The van der Waals surface area contributed by atoms with Crippen molar-refractivity contribution in [2.75, 3.05) is 16.8 Å². The number of imide groups is 1. The topological polar surface area (TPSA) is 109 Å². The summed E-state index contributed by atoms with van der Waals surface area (Å²) in [5, 5.41) is 4.18. The molecule has 0 radical (unpaired) electrons. The van der Waals surface area contributed by atoms with Crippen LogP contribution in [0.2, 0.25) is 5.02 Å². The molecule has 4 aromatic carbocycles. The van der Waals surface area contributed by atoms with Crippen molar-refractivity contribution in [1.29, 1.82) is 0 Å². The second-order valence-electron chi connectivity index (χ2n) is 10.9. The van der Waals surface area contributed by atoms with Gasteiger partial charge in [-0.1, -0.05) is 77.2 Å². The number of fused-ring (bicyclic) bond motifs is 3. The average molecular weight is 696 g/mol. The van der Waals surface area contributed by atoms with E-state index in [-0.39, 0.29) is 16.5 Å². The minimum atomic E-state index is -4.69. The number of amides is 3. The predicted molar refractivity (Wildman–Crippen MR) is 173 cm³/mol. The van der Waals surface area contributed by atoms with Gasteiger partial charge < -0.3 is 15.0 Å². The molecule has 0 unspecified atom stereocenters. The number of aromatic nitrogens is 1. The third kappa shape index (κ3) is 5.68. The summed E-state index contributed by atoms with van der Waals surface area (Å²) in [5.41, 5.74) is -0.292. The van der Waals surface area contributed by atoms with E-state index in [4.69, 9.17) is 16.3 Å². The minimum Gasteiger partial charge on any atom is -0.483 e. The molecule has 2 aliphatic heterocycles. The molecule has 1 aromatic heterocycles. The van der Waals surface area contributed by atoms with Crippen LogP contribution >= 0.6 is 34.7 Å². The summed E-state index contributed by atoms with van der Waals surface area (Å²) >= 11 is 8.24. The summed E-state index contributed by atoms with van der Waals surface area (Å²) in [4.78, 5) is 56.9. The number of H-pyrrole nitrogens is 1. The highest BCUT2D eigenvalue weighted by molar-refractivity contribution is 8.00. The molecule has 2 N–H and O–H groups in total. The van der Waals surface area contributed by atoms with Crippen molar-refractivity contribution in [3.8, 4) is 5.75 Å². The van der Waals surface area contributed by atoms with E-state index in [2.05, 4.69) is 10.3 Å². The van der Waals surface area contributed by atoms with Gasteiger partial charge in [0.15, 0.2) is 6.61 Å². The van der Waals surface area contributed by atoms with E-state index in [9.17, 15) is 32.3 Å². The van der Waals surface area contributed by atoms with Crippen LogP contribution in [0.1, 0.15) is 21.9 Å². The van der Waals surface area contributed by atoms with Crippen molar-refractivity contribution in [2.24, 2.45) is 5.92 Å². The summed E-state index contributed by atoms with van der Waals surface area (Å²) in [5.74, 6) is -3.79. The zero-order valence-corrected chi connectivity index (χ0v) is 26.2. The van der Waals surface area contributed by atoms with Crippen LogP contribution in [0, 0.1) is 5.92 Å². The normalized spacial score (nSPS) is 19.1. The number of aromatic amines is 1. The monoisotopic (exact) mass is 695 g/mol. The molecular formula is C33H21ClF3N3O5S2. The lowest BCUT2D eigenvalue weighted by Crippen LogP contribution is -2.32. The van der Waals surface area contributed by atoms with E-state index >= 15 is 0 Å². The number of ether oxygens (including phenoxy) is 1. The molecule has 7 rings (SSSR count). The fourth-order valence-electron chi connectivity index (χ4n) is 5.99. The highest BCUT2D eigenvalue weighted by Gasteiger charge is 2.57. The number of hydrogen-bond acceptors (Lipinski definition) is 7. The van der Waals surface area contributed by atoms with E-state index in [0.717, 1.165) is 57.0 Å². The van der Waals surface area contributed by atoms with Gasteiger partial charge in [-0.2, -0.15) is 13.2 Å². The number of benzene rings is 4. The molecule has 5 aromatic rings. The fraction of sp³-hybridized carbons (Fsp3) is 0.152. The van der Waals surface area contributed by atoms with E-state index in [1.54, 1.807) is 6.07 Å². The number of carbonyl (C=O) groups excluding carboxylic acids is 3. The molecule has 3 atom stereocenters. The highest BCUT2D eigenvalue weighted by atomic mass is 35.5. The van der Waals surface area contributed by atoms with Crippen LogP contribution in [0.25, 0.3) is 10.8 Å². The largest absolute Gasteiger partial charge is 0.483 e. The molecule has 1 saturated heterocycles. The van der Waals surface area contributed by atoms with E-state index in [1.165, 1.54) is 24.3 Å². The van der Waals surface area contributed by atoms with Crippen LogP contribution < -0.4 is 19.8 Å². The lowest BCUT2D eigenvalue weighted by Gasteiger charge is -2.31. The number of anilines is 2. The molecule has 0 bridgehead atoms. The molecule has 8 nitrogen and oxygen atoms in total. The van der Waals surface area contributed by atoms with Crippen LogP contribution in [-0.2, 0) is 20.6 Å². The first kappa shape index (κ1) is 31.0. The number of alkyl halides is 3. The number of nitrogens with one attached hydrogen (secondary N) is 2. The first-order valence-electron chi connectivity index (χ1n) is 14.1. The zero-order valence-electron chi connectivity index (χ0n) is 23.8. The molecule has 2 aliphatic rings. The SMILES string of the molecule is O=C(COc1ccc(Cl)cc1[C@@H]1c2sc(=O)[nH]c2S[C@H]2C(=O)N(c3cccc(C(F)(F)F)c3)C(=O)[C@@H]12)Nc1cccc2ccccc12. The Morgan fingerprint density at radius 3 is 2.53 bits per heavy atom. The van der Waals surface area contributed by atoms with Crippen LogP contribution in [0.15, 0.2) is 94.7 Å². The van der Waals surface area contributed by atoms with Gasteiger partial charge in [-0.3, -0.25) is 19.2 Å². The number of halogens is 4. The number of hydrogen-bond donors (Lipinski definition) is 2. The molecule has 238 valence electrons. The first-order valence-corrected chi connectivity index (χ1v) is 16.2. The van der Waals surface area contributed by atoms with Crippen molar-refractivity contribution in [2.45, 2.75) is 22.4 Å². The van der Waals surface area contributed by atoms with Crippen molar-refractivity contribution in [3.63, 3.8) is 0 Å². The zero-order chi connectivity index (χ0) is 33.0. The second kappa shape index (κ2) is 11.9. The highest BCUT2D eigenvalue weighted by Crippen LogP contribution is 2.55. The standard InChI is InChI=1S/C33H21ClF3N3O5S2/c34-18-11-12-23(45-15-24(41)38-22-10-3-6-16-5-1-2-9-20(16)22)21(14-18)25-26-28(46-29-27(25)47-32(44)39-29)31(43)40(30(26)42)19-8-4-7-17(13-19)33(35,36)37/h1-14,25-26,28H,15H2,(H,38,41)(H,39,44)/t25-,26-,28+/m0/s1. The third-order valence-corrected chi connectivity index (χ3v) is 10.6. The Morgan fingerprint density at radius 1 is 0.957 bits per heavy atom. The average Bonchev–Trinajstić information content (AvgIpc) is 3.54. The Hall–Kier alpha value is -4.59. The molecular weight excluding hydrogens is 675 g/mol. The van der Waals surface area contributed by atoms with Crippen molar-refractivity contribution < 1.29 is 32.3 Å². The molecule has 3 heterocycles. The number of rotatable bonds is 6. The summed E-state index contributed by atoms with van der Waals surface area (Å²) in [6.07, 6.45) is -4.69. The van der Waals surface area contributed by atoms with Crippen LogP contribution in [0.3, 0.4) is 0 Å². The lowest BCUT2D eigenvalue weighted by molar-refractivity contribution is -0.137.